The maximum atomic E-state index is 14.9. The van der Waals surface area contributed by atoms with E-state index in [0.29, 0.717) is 13.3 Å². The second-order valence-corrected chi connectivity index (χ2v) is 13.8. The van der Waals surface area contributed by atoms with Gasteiger partial charge in [0.2, 0.25) is 5.67 Å². The van der Waals surface area contributed by atoms with Gasteiger partial charge in [0, 0.05) is 19.9 Å². The average Bonchev–Trinajstić information content (AvgIpc) is 3.41. The van der Waals surface area contributed by atoms with Gasteiger partial charge < -0.3 is 10.0 Å². The zero-order valence-electron chi connectivity index (χ0n) is 22.4. The van der Waals surface area contributed by atoms with Crippen LogP contribution in [0.3, 0.4) is 0 Å². The highest BCUT2D eigenvalue weighted by Gasteiger charge is 2.61. The average molecular weight is 600 g/mol. The second-order valence-electron chi connectivity index (χ2n) is 11.6. The summed E-state index contributed by atoms with van der Waals surface area (Å²) in [6.07, 6.45) is -5.84. The van der Waals surface area contributed by atoms with E-state index >= 15 is 0 Å². The predicted octanol–water partition coefficient (Wildman–Crippen LogP) is 4.77. The van der Waals surface area contributed by atoms with Gasteiger partial charge in [-0.15, -0.1) is 0 Å². The number of aliphatic hydroxyl groups excluding tert-OH is 1. The van der Waals surface area contributed by atoms with Crippen molar-refractivity contribution in [1.29, 1.82) is 0 Å². The van der Waals surface area contributed by atoms with Crippen LogP contribution in [0, 0.1) is 17.7 Å². The Morgan fingerprint density at radius 2 is 1.76 bits per heavy atom. The van der Waals surface area contributed by atoms with Crippen LogP contribution in [0.5, 0.6) is 0 Å². The van der Waals surface area contributed by atoms with Gasteiger partial charge in [0.05, 0.1) is 10.9 Å². The number of benzene rings is 2. The van der Waals surface area contributed by atoms with Gasteiger partial charge in [-0.1, -0.05) is 18.2 Å². The van der Waals surface area contributed by atoms with E-state index in [4.69, 9.17) is 0 Å². The quantitative estimate of drug-likeness (QED) is 0.382. The molecule has 12 heteroatoms. The highest BCUT2D eigenvalue weighted by Crippen LogP contribution is 2.60. The molecule has 0 bridgehead atoms. The summed E-state index contributed by atoms with van der Waals surface area (Å²) in [4.78, 5) is 26.4. The fraction of sp³-hybridized carbons (Fsp3) is 0.517. The van der Waals surface area contributed by atoms with Crippen molar-refractivity contribution < 1.29 is 45.1 Å². The molecule has 1 aliphatic heterocycles. The Balaban J connectivity index is 1.58. The summed E-state index contributed by atoms with van der Waals surface area (Å²) in [5.41, 5.74) is -3.73. The van der Waals surface area contributed by atoms with Gasteiger partial charge in [0.1, 0.15) is 16.7 Å². The molecule has 0 aromatic heterocycles. The third kappa shape index (κ3) is 4.48. The van der Waals surface area contributed by atoms with Gasteiger partial charge in [0.15, 0.2) is 15.6 Å². The standard InChI is InChI=1S/C29H30F5NO5S/c1-27(31,29(32,33)34)18-4-10-22-16(13-18)3-9-21-17(14-24(36)23-15-25(37)26(38)35(23)2)11-12-28(21,22)41(39,40)20-7-5-19(30)6-8-20/h4-8,10,13,17,21,23,25,37H,3,9,11-12,14-15H2,1-2H3/t17-,21-,23-,25+,27?,28-/m0/s1. The molecule has 0 radical (unpaired) electrons. The first-order valence-electron chi connectivity index (χ1n) is 13.4. The van der Waals surface area contributed by atoms with Crippen LogP contribution in [0.25, 0.3) is 0 Å². The van der Waals surface area contributed by atoms with Crippen LogP contribution in [0.15, 0.2) is 47.4 Å². The van der Waals surface area contributed by atoms with E-state index in [-0.39, 0.29) is 53.9 Å². The van der Waals surface area contributed by atoms with E-state index in [9.17, 15) is 45.1 Å². The summed E-state index contributed by atoms with van der Waals surface area (Å²) in [6, 6.07) is 6.76. The maximum Gasteiger partial charge on any atom is 0.426 e. The van der Waals surface area contributed by atoms with E-state index < -0.39 is 67.7 Å². The smallest absolute Gasteiger partial charge is 0.383 e. The first kappa shape index (κ1) is 29.6. The molecule has 0 spiro atoms. The molecule has 1 saturated heterocycles. The minimum atomic E-state index is -5.18. The minimum Gasteiger partial charge on any atom is -0.383 e. The molecule has 1 saturated carbocycles. The molecule has 1 N–H and O–H groups in total. The van der Waals surface area contributed by atoms with Gasteiger partial charge in [-0.2, -0.15) is 13.2 Å². The molecule has 2 aromatic carbocycles. The Kier molecular flexibility index (Phi) is 7.12. The number of ketones is 1. The summed E-state index contributed by atoms with van der Waals surface area (Å²) in [7, 11) is -2.86. The second kappa shape index (κ2) is 9.86. The van der Waals surface area contributed by atoms with Crippen molar-refractivity contribution in [3.05, 3.63) is 65.0 Å². The molecule has 1 unspecified atom stereocenters. The lowest BCUT2D eigenvalue weighted by Crippen LogP contribution is -2.45. The number of rotatable bonds is 6. The summed E-state index contributed by atoms with van der Waals surface area (Å²) >= 11 is 0. The van der Waals surface area contributed by atoms with Crippen molar-refractivity contribution in [1.82, 2.24) is 4.90 Å². The third-order valence-electron chi connectivity index (χ3n) is 9.40. The molecule has 2 aliphatic carbocycles. The molecule has 222 valence electrons. The first-order chi connectivity index (χ1) is 19.0. The highest BCUT2D eigenvalue weighted by molar-refractivity contribution is 7.92. The van der Waals surface area contributed by atoms with Crippen LogP contribution >= 0.6 is 0 Å². The van der Waals surface area contributed by atoms with Gasteiger partial charge in [0.25, 0.3) is 5.91 Å². The van der Waals surface area contributed by atoms with Crippen LogP contribution in [-0.4, -0.2) is 55.5 Å². The van der Waals surface area contributed by atoms with Crippen molar-refractivity contribution >= 4 is 21.5 Å². The third-order valence-corrected chi connectivity index (χ3v) is 12.0. The zero-order valence-corrected chi connectivity index (χ0v) is 23.2. The summed E-state index contributed by atoms with van der Waals surface area (Å²) in [6.45, 7) is 0.421. The molecule has 3 aliphatic rings. The number of likely N-dealkylation sites (N-methyl/N-ethyl adjacent to an activating group) is 1. The van der Waals surface area contributed by atoms with E-state index in [1.807, 2.05) is 0 Å². The molecule has 2 fully saturated rings. The fourth-order valence-electron chi connectivity index (χ4n) is 7.10. The lowest BCUT2D eigenvalue weighted by molar-refractivity contribution is -0.228. The molecule has 1 heterocycles. The van der Waals surface area contributed by atoms with Gasteiger partial charge in [-0.05, 0) is 85.4 Å². The van der Waals surface area contributed by atoms with Crippen LogP contribution in [0.1, 0.15) is 55.7 Å². The summed E-state index contributed by atoms with van der Waals surface area (Å²) in [5.74, 6) is -2.57. The van der Waals surface area contributed by atoms with Crippen molar-refractivity contribution in [3.63, 3.8) is 0 Å². The molecule has 41 heavy (non-hydrogen) atoms. The first-order valence-corrected chi connectivity index (χ1v) is 14.9. The number of amides is 1. The van der Waals surface area contributed by atoms with Crippen LogP contribution < -0.4 is 0 Å². The number of Topliss-reactive ketones (excluding diaryl/α,β-unsaturated/α-hetero) is 1. The molecule has 5 rings (SSSR count). The van der Waals surface area contributed by atoms with Crippen LogP contribution in [0.4, 0.5) is 22.0 Å². The summed E-state index contributed by atoms with van der Waals surface area (Å²) < 4.78 is 96.2. The van der Waals surface area contributed by atoms with Crippen molar-refractivity contribution in [2.75, 3.05) is 7.05 Å². The van der Waals surface area contributed by atoms with Gasteiger partial charge in [-0.25, -0.2) is 17.2 Å². The Bertz CT molecular complexity index is 1490. The van der Waals surface area contributed by atoms with Crippen molar-refractivity contribution in [2.24, 2.45) is 11.8 Å². The number of hydrogen-bond acceptors (Lipinski definition) is 5. The maximum absolute atomic E-state index is 14.9. The van der Waals surface area contributed by atoms with Gasteiger partial charge >= 0.3 is 6.18 Å². The number of aliphatic hydroxyl groups is 1. The Morgan fingerprint density at radius 3 is 2.34 bits per heavy atom. The minimum absolute atomic E-state index is 0.0512. The largest absolute Gasteiger partial charge is 0.426 e. The molecule has 2 aromatic rings. The molecular formula is C29H30F5NO5S. The number of aryl methyl sites for hydroxylation is 1. The van der Waals surface area contributed by atoms with E-state index in [1.54, 1.807) is 0 Å². The predicted molar refractivity (Wildman–Crippen MR) is 138 cm³/mol. The normalized spacial score (nSPS) is 29.7. The lowest BCUT2D eigenvalue weighted by Gasteiger charge is -2.43. The molecule has 6 atom stereocenters. The zero-order chi connectivity index (χ0) is 30.1. The Labute approximate surface area is 234 Å². The number of carbonyl (C=O) groups excluding carboxylic acids is 2. The van der Waals surface area contributed by atoms with Crippen molar-refractivity contribution in [2.45, 2.75) is 79.1 Å². The van der Waals surface area contributed by atoms with E-state index in [1.165, 1.54) is 18.0 Å². The molecular weight excluding hydrogens is 569 g/mol. The topological polar surface area (TPSA) is 91.8 Å². The van der Waals surface area contributed by atoms with Gasteiger partial charge in [-0.3, -0.25) is 9.59 Å². The van der Waals surface area contributed by atoms with Crippen molar-refractivity contribution in [3.8, 4) is 0 Å². The lowest BCUT2D eigenvalue weighted by atomic mass is 9.71. The molecule has 1 amide bonds. The van der Waals surface area contributed by atoms with Crippen LogP contribution in [-0.2, 0) is 36.3 Å². The number of carbonyl (C=O) groups is 2. The number of alkyl halides is 4. The summed E-state index contributed by atoms with van der Waals surface area (Å²) in [5, 5.41) is 9.92. The number of sulfone groups is 1. The highest BCUT2D eigenvalue weighted by atomic mass is 32.2. The van der Waals surface area contributed by atoms with E-state index in [2.05, 4.69) is 0 Å². The Hall–Kier alpha value is -2.86. The van der Waals surface area contributed by atoms with E-state index in [0.717, 1.165) is 36.4 Å². The SMILES string of the molecule is CN1C(=O)[C@H](O)C[C@H]1C(=O)C[C@@H]1CC[C@@]2(S(=O)(=O)c3ccc(F)cc3)c3ccc(C(C)(F)C(F)(F)F)cc3CC[C@@H]12. The number of hydrogen-bond donors (Lipinski definition) is 1. The number of fused-ring (bicyclic) bond motifs is 3. The number of likely N-dealkylation sites (tertiary alicyclic amines) is 1. The Morgan fingerprint density at radius 1 is 1.10 bits per heavy atom. The number of nitrogens with zero attached hydrogens (tertiary/aromatic N) is 1. The molecule has 6 nitrogen and oxygen atoms in total. The van der Waals surface area contributed by atoms with Crippen LogP contribution in [0.2, 0.25) is 0 Å². The number of halogens is 5. The monoisotopic (exact) mass is 599 g/mol. The fourth-order valence-corrected chi connectivity index (χ4v) is 9.60.